The SMILES string of the molecule is Cc1c(C(=O)NCC2(C)CCOCC2)csc1S(=O)(=O)Cl. The Morgan fingerprint density at radius 2 is 2.10 bits per heavy atom. The van der Waals surface area contributed by atoms with Gasteiger partial charge in [0.25, 0.3) is 15.0 Å². The first-order valence-corrected chi connectivity index (χ1v) is 9.80. The van der Waals surface area contributed by atoms with E-state index in [1.54, 1.807) is 6.92 Å². The zero-order valence-corrected chi connectivity index (χ0v) is 14.3. The highest BCUT2D eigenvalue weighted by Gasteiger charge is 2.29. The molecule has 1 aromatic heterocycles. The second-order valence-electron chi connectivity index (χ2n) is 5.61. The van der Waals surface area contributed by atoms with Crippen LogP contribution in [-0.2, 0) is 13.8 Å². The summed E-state index contributed by atoms with van der Waals surface area (Å²) in [5.41, 5.74) is 0.804. The van der Waals surface area contributed by atoms with Crippen LogP contribution >= 0.6 is 22.0 Å². The highest BCUT2D eigenvalue weighted by atomic mass is 35.7. The Morgan fingerprint density at radius 3 is 2.62 bits per heavy atom. The summed E-state index contributed by atoms with van der Waals surface area (Å²) in [7, 11) is 1.54. The highest BCUT2D eigenvalue weighted by molar-refractivity contribution is 8.15. The van der Waals surface area contributed by atoms with E-state index >= 15 is 0 Å². The van der Waals surface area contributed by atoms with E-state index in [4.69, 9.17) is 15.4 Å². The smallest absolute Gasteiger partial charge is 0.271 e. The van der Waals surface area contributed by atoms with Crippen molar-refractivity contribution in [1.29, 1.82) is 0 Å². The van der Waals surface area contributed by atoms with Gasteiger partial charge in [-0.25, -0.2) is 8.42 Å². The Balaban J connectivity index is 2.06. The Bertz CT molecular complexity index is 633. The van der Waals surface area contributed by atoms with Gasteiger partial charge in [0, 0.05) is 35.8 Å². The van der Waals surface area contributed by atoms with Gasteiger partial charge in [0.05, 0.1) is 5.56 Å². The molecule has 0 aromatic carbocycles. The molecule has 1 aliphatic rings. The van der Waals surface area contributed by atoms with E-state index in [2.05, 4.69) is 12.2 Å². The van der Waals surface area contributed by atoms with Crippen LogP contribution in [0.15, 0.2) is 9.59 Å². The Morgan fingerprint density at radius 1 is 1.48 bits per heavy atom. The van der Waals surface area contributed by atoms with E-state index in [0.29, 0.717) is 30.9 Å². The quantitative estimate of drug-likeness (QED) is 0.846. The third kappa shape index (κ3) is 3.97. The van der Waals surface area contributed by atoms with Crippen molar-refractivity contribution in [3.63, 3.8) is 0 Å². The van der Waals surface area contributed by atoms with Gasteiger partial charge in [-0.3, -0.25) is 4.79 Å². The average molecular weight is 352 g/mol. The molecular weight excluding hydrogens is 334 g/mol. The number of ether oxygens (including phenoxy) is 1. The molecule has 1 aromatic rings. The lowest BCUT2D eigenvalue weighted by Gasteiger charge is -2.33. The van der Waals surface area contributed by atoms with Gasteiger partial charge in [-0.1, -0.05) is 6.92 Å². The molecule has 21 heavy (non-hydrogen) atoms. The number of halogens is 1. The van der Waals surface area contributed by atoms with Crippen LogP contribution < -0.4 is 5.32 Å². The first kappa shape index (κ1) is 16.7. The summed E-state index contributed by atoms with van der Waals surface area (Å²) in [5, 5.41) is 4.42. The summed E-state index contributed by atoms with van der Waals surface area (Å²) in [6.45, 7) is 5.67. The average Bonchev–Trinajstić information content (AvgIpc) is 2.79. The van der Waals surface area contributed by atoms with Crippen LogP contribution in [0.1, 0.15) is 35.7 Å². The minimum atomic E-state index is -3.80. The molecule has 1 aliphatic heterocycles. The third-order valence-corrected chi connectivity index (χ3v) is 7.14. The van der Waals surface area contributed by atoms with Crippen molar-refractivity contribution in [2.45, 2.75) is 30.9 Å². The molecule has 2 rings (SSSR count). The number of nitrogens with one attached hydrogen (secondary N) is 1. The summed E-state index contributed by atoms with van der Waals surface area (Å²) >= 11 is 0.971. The summed E-state index contributed by atoms with van der Waals surface area (Å²) in [6.07, 6.45) is 1.80. The molecule has 8 heteroatoms. The monoisotopic (exact) mass is 351 g/mol. The molecular formula is C13H18ClNO4S2. The summed E-state index contributed by atoms with van der Waals surface area (Å²) < 4.78 is 28.1. The lowest BCUT2D eigenvalue weighted by Crippen LogP contribution is -2.39. The van der Waals surface area contributed by atoms with E-state index in [0.717, 1.165) is 24.2 Å². The highest BCUT2D eigenvalue weighted by Crippen LogP contribution is 2.31. The van der Waals surface area contributed by atoms with Gasteiger partial charge < -0.3 is 10.1 Å². The maximum atomic E-state index is 12.2. The van der Waals surface area contributed by atoms with Crippen LogP contribution in [0.2, 0.25) is 0 Å². The van der Waals surface area contributed by atoms with Crippen LogP contribution in [0, 0.1) is 12.3 Å². The van der Waals surface area contributed by atoms with Gasteiger partial charge in [0.1, 0.15) is 4.21 Å². The molecule has 1 saturated heterocycles. The van der Waals surface area contributed by atoms with Crippen molar-refractivity contribution in [3.05, 3.63) is 16.5 Å². The van der Waals surface area contributed by atoms with Gasteiger partial charge >= 0.3 is 0 Å². The Kier molecular flexibility index (Phi) is 4.97. The van der Waals surface area contributed by atoms with Crippen LogP contribution in [0.4, 0.5) is 0 Å². The number of carbonyl (C=O) groups is 1. The lowest BCUT2D eigenvalue weighted by atomic mass is 9.82. The molecule has 0 spiro atoms. The van der Waals surface area contributed by atoms with Crippen molar-refractivity contribution in [2.24, 2.45) is 5.41 Å². The number of hydrogen-bond acceptors (Lipinski definition) is 5. The van der Waals surface area contributed by atoms with Crippen molar-refractivity contribution < 1.29 is 17.9 Å². The first-order chi connectivity index (χ1) is 9.73. The third-order valence-electron chi connectivity index (χ3n) is 3.84. The summed E-state index contributed by atoms with van der Waals surface area (Å²) in [6, 6.07) is 0. The molecule has 0 aliphatic carbocycles. The van der Waals surface area contributed by atoms with E-state index in [-0.39, 0.29) is 15.5 Å². The van der Waals surface area contributed by atoms with E-state index < -0.39 is 9.05 Å². The second kappa shape index (κ2) is 6.24. The van der Waals surface area contributed by atoms with Gasteiger partial charge in [-0.15, -0.1) is 11.3 Å². The van der Waals surface area contributed by atoms with E-state index in [1.807, 2.05) is 0 Å². The summed E-state index contributed by atoms with van der Waals surface area (Å²) in [4.78, 5) is 12.2. The second-order valence-corrected chi connectivity index (χ2v) is 9.25. The first-order valence-electron chi connectivity index (χ1n) is 6.62. The minimum absolute atomic E-state index is 0.0270. The van der Waals surface area contributed by atoms with Crippen molar-refractivity contribution >= 4 is 37.0 Å². The zero-order chi connectivity index (χ0) is 15.7. The van der Waals surface area contributed by atoms with Crippen LogP contribution in [-0.4, -0.2) is 34.1 Å². The molecule has 0 unspecified atom stereocenters. The fraction of sp³-hybridized carbons (Fsp3) is 0.615. The lowest BCUT2D eigenvalue weighted by molar-refractivity contribution is 0.0238. The van der Waals surface area contributed by atoms with E-state index in [1.165, 1.54) is 5.38 Å². The van der Waals surface area contributed by atoms with Crippen molar-refractivity contribution in [3.8, 4) is 0 Å². The van der Waals surface area contributed by atoms with Crippen molar-refractivity contribution in [1.82, 2.24) is 5.32 Å². The number of hydrogen-bond donors (Lipinski definition) is 1. The Labute approximate surface area is 133 Å². The molecule has 2 heterocycles. The van der Waals surface area contributed by atoms with Crippen LogP contribution in [0.3, 0.4) is 0 Å². The molecule has 0 saturated carbocycles. The largest absolute Gasteiger partial charge is 0.381 e. The molecule has 0 bridgehead atoms. The standard InChI is InChI=1S/C13H18ClNO4S2/c1-9-10(7-20-12(9)21(14,17)18)11(16)15-8-13(2)3-5-19-6-4-13/h7H,3-6,8H2,1-2H3,(H,15,16). The molecule has 1 N–H and O–H groups in total. The molecule has 1 amide bonds. The van der Waals surface area contributed by atoms with Gasteiger partial charge in [-0.05, 0) is 30.7 Å². The number of amides is 1. The number of thiophene rings is 1. The Hall–Kier alpha value is -0.630. The molecule has 5 nitrogen and oxygen atoms in total. The number of carbonyl (C=O) groups excluding carboxylic acids is 1. The fourth-order valence-corrected chi connectivity index (χ4v) is 4.84. The van der Waals surface area contributed by atoms with Gasteiger partial charge in [0.15, 0.2) is 0 Å². The molecule has 0 radical (unpaired) electrons. The van der Waals surface area contributed by atoms with Crippen LogP contribution in [0.25, 0.3) is 0 Å². The predicted molar refractivity (Wildman–Crippen MR) is 82.6 cm³/mol. The maximum Gasteiger partial charge on any atom is 0.271 e. The molecule has 118 valence electrons. The van der Waals surface area contributed by atoms with Crippen molar-refractivity contribution in [2.75, 3.05) is 19.8 Å². The van der Waals surface area contributed by atoms with E-state index in [9.17, 15) is 13.2 Å². The predicted octanol–water partition coefficient (Wildman–Crippen LogP) is 2.53. The fourth-order valence-electron chi connectivity index (χ4n) is 2.29. The molecule has 0 atom stereocenters. The minimum Gasteiger partial charge on any atom is -0.381 e. The van der Waals surface area contributed by atoms with Crippen LogP contribution in [0.5, 0.6) is 0 Å². The number of rotatable bonds is 4. The molecule has 1 fully saturated rings. The maximum absolute atomic E-state index is 12.2. The normalized spacial score (nSPS) is 18.4. The topological polar surface area (TPSA) is 72.5 Å². The summed E-state index contributed by atoms with van der Waals surface area (Å²) in [5.74, 6) is -0.261. The zero-order valence-electron chi connectivity index (χ0n) is 11.9. The van der Waals surface area contributed by atoms with Gasteiger partial charge in [0.2, 0.25) is 0 Å². The van der Waals surface area contributed by atoms with Gasteiger partial charge in [-0.2, -0.15) is 0 Å².